The summed E-state index contributed by atoms with van der Waals surface area (Å²) in [6.45, 7) is 1.13. The number of likely N-dealkylation sites (tertiary alicyclic amines) is 1. The first-order chi connectivity index (χ1) is 12.6. The Morgan fingerprint density at radius 2 is 2.04 bits per heavy atom. The predicted octanol–water partition coefficient (Wildman–Crippen LogP) is 2.47. The first-order valence-electron chi connectivity index (χ1n) is 9.02. The van der Waals surface area contributed by atoms with Crippen molar-refractivity contribution in [3.63, 3.8) is 0 Å². The molecule has 1 aromatic carbocycles. The number of fused-ring (bicyclic) bond motifs is 1. The Bertz CT molecular complexity index is 846. The van der Waals surface area contributed by atoms with Crippen LogP contribution in [0.15, 0.2) is 24.3 Å². The normalized spacial score (nSPS) is 22.9. The highest BCUT2D eigenvalue weighted by Crippen LogP contribution is 2.44. The van der Waals surface area contributed by atoms with Crippen molar-refractivity contribution in [2.75, 3.05) is 19.3 Å². The molecule has 0 spiro atoms. The summed E-state index contributed by atoms with van der Waals surface area (Å²) in [5, 5.41) is 9.52. The van der Waals surface area contributed by atoms with Gasteiger partial charge in [0.15, 0.2) is 0 Å². The van der Waals surface area contributed by atoms with Gasteiger partial charge in [-0.2, -0.15) is 11.8 Å². The Balaban J connectivity index is 1.56. The van der Waals surface area contributed by atoms with Crippen LogP contribution in [0.25, 0.3) is 11.0 Å². The average molecular weight is 373 g/mol. The summed E-state index contributed by atoms with van der Waals surface area (Å²) in [5.74, 6) is 1.02. The lowest BCUT2D eigenvalue weighted by molar-refractivity contribution is -0.142. The lowest BCUT2D eigenvalue weighted by Crippen LogP contribution is -2.33. The minimum Gasteiger partial charge on any atom is -0.481 e. The molecule has 1 aliphatic carbocycles. The Hall–Kier alpha value is -2.02. The van der Waals surface area contributed by atoms with E-state index in [0.717, 1.165) is 35.5 Å². The van der Waals surface area contributed by atoms with E-state index in [-0.39, 0.29) is 18.4 Å². The maximum atomic E-state index is 12.9. The number of hydrogen-bond acceptors (Lipinski definition) is 4. The summed E-state index contributed by atoms with van der Waals surface area (Å²) < 4.78 is 1.98. The Morgan fingerprint density at radius 3 is 2.73 bits per heavy atom. The Morgan fingerprint density at radius 1 is 1.27 bits per heavy atom. The van der Waals surface area contributed by atoms with Crippen LogP contribution >= 0.6 is 11.8 Å². The van der Waals surface area contributed by atoms with Gasteiger partial charge in [-0.25, -0.2) is 4.98 Å². The van der Waals surface area contributed by atoms with Gasteiger partial charge in [-0.1, -0.05) is 12.1 Å². The third kappa shape index (κ3) is 3.20. The molecule has 2 atom stereocenters. The van der Waals surface area contributed by atoms with Crippen molar-refractivity contribution in [2.24, 2.45) is 17.8 Å². The number of imidazole rings is 1. The average Bonchev–Trinajstić information content (AvgIpc) is 3.27. The molecule has 2 aliphatic rings. The summed E-state index contributed by atoms with van der Waals surface area (Å²) in [6.07, 6.45) is 4.21. The molecule has 26 heavy (non-hydrogen) atoms. The largest absolute Gasteiger partial charge is 0.481 e. The van der Waals surface area contributed by atoms with Gasteiger partial charge < -0.3 is 14.6 Å². The van der Waals surface area contributed by atoms with Crippen molar-refractivity contribution < 1.29 is 14.7 Å². The third-order valence-corrected chi connectivity index (χ3v) is 6.11. The van der Waals surface area contributed by atoms with Crippen molar-refractivity contribution in [1.82, 2.24) is 14.5 Å². The second-order valence-electron chi connectivity index (χ2n) is 7.28. The summed E-state index contributed by atoms with van der Waals surface area (Å²) in [4.78, 5) is 30.9. The number of amides is 1. The van der Waals surface area contributed by atoms with Gasteiger partial charge in [0.05, 0.1) is 22.7 Å². The van der Waals surface area contributed by atoms with E-state index in [1.54, 1.807) is 16.7 Å². The second-order valence-corrected chi connectivity index (χ2v) is 8.15. The van der Waals surface area contributed by atoms with E-state index < -0.39 is 11.9 Å². The zero-order valence-corrected chi connectivity index (χ0v) is 15.6. The summed E-state index contributed by atoms with van der Waals surface area (Å²) in [6, 6.07) is 7.84. The molecule has 0 unspecified atom stereocenters. The van der Waals surface area contributed by atoms with E-state index in [2.05, 4.69) is 4.98 Å². The van der Waals surface area contributed by atoms with E-state index in [0.29, 0.717) is 19.0 Å². The number of aliphatic carboxylic acids is 1. The zero-order chi connectivity index (χ0) is 18.3. The van der Waals surface area contributed by atoms with Crippen molar-refractivity contribution >= 4 is 34.7 Å². The molecule has 0 radical (unpaired) electrons. The number of carboxylic acid groups (broad SMARTS) is 1. The number of carbonyl (C=O) groups is 2. The number of aromatic nitrogens is 2. The summed E-state index contributed by atoms with van der Waals surface area (Å²) >= 11 is 1.67. The Kier molecular flexibility index (Phi) is 4.65. The smallest absolute Gasteiger partial charge is 0.308 e. The molecule has 1 N–H and O–H groups in total. The minimum absolute atomic E-state index is 0.00935. The predicted molar refractivity (Wildman–Crippen MR) is 101 cm³/mol. The van der Waals surface area contributed by atoms with E-state index >= 15 is 0 Å². The molecule has 7 heteroatoms. The molecular formula is C19H23N3O3S. The molecule has 1 amide bonds. The zero-order valence-electron chi connectivity index (χ0n) is 14.8. The fourth-order valence-electron chi connectivity index (χ4n) is 4.07. The highest BCUT2D eigenvalue weighted by Gasteiger charge is 2.46. The van der Waals surface area contributed by atoms with E-state index in [1.807, 2.05) is 35.1 Å². The minimum atomic E-state index is -0.770. The van der Waals surface area contributed by atoms with Crippen LogP contribution in [0.4, 0.5) is 0 Å². The van der Waals surface area contributed by atoms with Crippen LogP contribution in [0.3, 0.4) is 0 Å². The molecule has 2 heterocycles. The molecule has 1 saturated carbocycles. The van der Waals surface area contributed by atoms with Crippen LogP contribution in [0, 0.1) is 17.8 Å². The maximum Gasteiger partial charge on any atom is 0.308 e. The van der Waals surface area contributed by atoms with Crippen LogP contribution in [-0.2, 0) is 21.9 Å². The molecule has 1 aliphatic heterocycles. The number of benzene rings is 1. The van der Waals surface area contributed by atoms with Gasteiger partial charge in [0.2, 0.25) is 5.91 Å². The van der Waals surface area contributed by atoms with Crippen molar-refractivity contribution in [3.05, 3.63) is 30.1 Å². The van der Waals surface area contributed by atoms with Gasteiger partial charge in [0.25, 0.3) is 0 Å². The topological polar surface area (TPSA) is 75.4 Å². The van der Waals surface area contributed by atoms with E-state index in [4.69, 9.17) is 0 Å². The van der Waals surface area contributed by atoms with Crippen molar-refractivity contribution in [2.45, 2.75) is 25.1 Å². The van der Waals surface area contributed by atoms with Gasteiger partial charge in [0, 0.05) is 13.1 Å². The molecule has 1 aromatic heterocycles. The fraction of sp³-hybridized carbons (Fsp3) is 0.526. The van der Waals surface area contributed by atoms with Gasteiger partial charge in [-0.15, -0.1) is 0 Å². The number of nitrogens with zero attached hydrogens (tertiary/aromatic N) is 3. The SMILES string of the molecule is CSCc1nc2ccccc2n1CC(=O)N1C[C@H](C(=O)O)[C@@H](C2CC2)C1. The van der Waals surface area contributed by atoms with Crippen molar-refractivity contribution in [1.29, 1.82) is 0 Å². The maximum absolute atomic E-state index is 12.9. The first kappa shape index (κ1) is 17.4. The number of thioether (sulfide) groups is 1. The summed E-state index contributed by atoms with van der Waals surface area (Å²) in [5.41, 5.74) is 1.85. The highest BCUT2D eigenvalue weighted by atomic mass is 32.2. The lowest BCUT2D eigenvalue weighted by Gasteiger charge is -2.18. The highest BCUT2D eigenvalue weighted by molar-refractivity contribution is 7.97. The number of carboxylic acids is 1. The number of rotatable bonds is 6. The number of hydrogen-bond donors (Lipinski definition) is 1. The number of para-hydroxylation sites is 2. The second kappa shape index (κ2) is 6.95. The molecule has 6 nitrogen and oxygen atoms in total. The van der Waals surface area contributed by atoms with Crippen LogP contribution in [0.5, 0.6) is 0 Å². The van der Waals surface area contributed by atoms with Crippen LogP contribution in [0.2, 0.25) is 0 Å². The summed E-state index contributed by atoms with van der Waals surface area (Å²) in [7, 11) is 0. The van der Waals surface area contributed by atoms with Gasteiger partial charge in [-0.05, 0) is 43.1 Å². The van der Waals surface area contributed by atoms with E-state index in [1.165, 1.54) is 0 Å². The van der Waals surface area contributed by atoms with E-state index in [9.17, 15) is 14.7 Å². The standard InChI is InChI=1S/C19H23N3O3S/c1-26-11-17-20-15-4-2-3-5-16(15)22(17)10-18(23)21-8-13(12-6-7-12)14(9-21)19(24)25/h2-5,12-14H,6-11H2,1H3,(H,24,25)/t13-,14+/m1/s1. The van der Waals surface area contributed by atoms with Crippen molar-refractivity contribution in [3.8, 4) is 0 Å². The molecule has 2 aromatic rings. The first-order valence-corrected chi connectivity index (χ1v) is 10.4. The Labute approximate surface area is 156 Å². The molecule has 138 valence electrons. The molecule has 2 fully saturated rings. The number of carbonyl (C=O) groups excluding carboxylic acids is 1. The fourth-order valence-corrected chi connectivity index (χ4v) is 4.55. The third-order valence-electron chi connectivity index (χ3n) is 5.56. The van der Waals surface area contributed by atoms with Crippen LogP contribution < -0.4 is 0 Å². The monoisotopic (exact) mass is 373 g/mol. The molecule has 4 rings (SSSR count). The molecule has 1 saturated heterocycles. The van der Waals surface area contributed by atoms with Gasteiger partial charge in [-0.3, -0.25) is 9.59 Å². The molecule has 0 bridgehead atoms. The quantitative estimate of drug-likeness (QED) is 0.842. The van der Waals surface area contributed by atoms with Crippen LogP contribution in [0.1, 0.15) is 18.7 Å². The molecular weight excluding hydrogens is 350 g/mol. The van der Waals surface area contributed by atoms with Gasteiger partial charge >= 0.3 is 5.97 Å². The lowest BCUT2D eigenvalue weighted by atomic mass is 9.92. The van der Waals surface area contributed by atoms with Gasteiger partial charge in [0.1, 0.15) is 12.4 Å². The van der Waals surface area contributed by atoms with Crippen LogP contribution in [-0.4, -0.2) is 50.8 Å².